The van der Waals surface area contributed by atoms with E-state index in [-0.39, 0.29) is 52.3 Å². The quantitative estimate of drug-likeness (QED) is 0.105. The number of β-lactam (4-membered cyclic amide) rings is 1. The van der Waals surface area contributed by atoms with Gasteiger partial charge in [-0.3, -0.25) is 14.5 Å². The van der Waals surface area contributed by atoms with Crippen LogP contribution >= 0.6 is 35.7 Å². The molecular formula is C20H26ClN7O7S2. The van der Waals surface area contributed by atoms with Gasteiger partial charge in [0.15, 0.2) is 24.1 Å². The Morgan fingerprint density at radius 2 is 2.03 bits per heavy atom. The summed E-state index contributed by atoms with van der Waals surface area (Å²) in [6, 6.07) is 4.55. The van der Waals surface area contributed by atoms with Gasteiger partial charge < -0.3 is 36.7 Å². The molecule has 2 aromatic rings. The number of oxime groups is 1. The van der Waals surface area contributed by atoms with E-state index in [2.05, 4.69) is 19.8 Å². The molecular weight excluding hydrogens is 550 g/mol. The number of halogens is 1. The predicted octanol–water partition coefficient (Wildman–Crippen LogP) is -2.58. The van der Waals surface area contributed by atoms with Crippen LogP contribution in [0.3, 0.4) is 0 Å². The monoisotopic (exact) mass is 575 g/mol. The number of fused-ring (bicyclic) bond motifs is 1. The van der Waals surface area contributed by atoms with Crippen LogP contribution in [-0.2, 0) is 25.8 Å². The highest BCUT2D eigenvalue weighted by atomic mass is 35.5. The van der Waals surface area contributed by atoms with Crippen molar-refractivity contribution in [2.45, 2.75) is 31.3 Å². The number of amides is 2. The molecule has 4 rings (SSSR count). The van der Waals surface area contributed by atoms with Crippen LogP contribution in [0.15, 0.2) is 47.0 Å². The number of aliphatic carboxylic acids is 1. The summed E-state index contributed by atoms with van der Waals surface area (Å²) in [5.41, 5.74) is 5.79. The van der Waals surface area contributed by atoms with Crippen LogP contribution < -0.4 is 20.7 Å². The second-order valence-corrected chi connectivity index (χ2v) is 9.27. The molecule has 2 aliphatic rings. The van der Waals surface area contributed by atoms with Gasteiger partial charge in [-0.1, -0.05) is 18.1 Å². The summed E-state index contributed by atoms with van der Waals surface area (Å²) in [6.45, 7) is 2.45. The van der Waals surface area contributed by atoms with E-state index in [0.29, 0.717) is 24.3 Å². The molecule has 2 aromatic heterocycles. The van der Waals surface area contributed by atoms with E-state index in [9.17, 15) is 19.5 Å². The Morgan fingerprint density at radius 3 is 2.62 bits per heavy atom. The Balaban J connectivity index is 0.00000228. The molecule has 0 bridgehead atoms. The fourth-order valence-electron chi connectivity index (χ4n) is 3.48. The molecule has 1 fully saturated rings. The molecule has 0 aromatic carbocycles. The molecule has 2 atom stereocenters. The average Bonchev–Trinajstić information content (AvgIpc) is 3.26. The van der Waals surface area contributed by atoms with E-state index >= 15 is 0 Å². The molecule has 14 nitrogen and oxygen atoms in total. The molecule has 4 heterocycles. The SMILES string of the molecule is CCCON=C(C(=O)NC1C(=O)N2C(C(=O)[O-])=C(C[n+]3ccccc3)CS[C@@H]12)c1nsc(N)n1.Cl.O.O. The third-order valence-electron chi connectivity index (χ3n) is 5.00. The first-order chi connectivity index (χ1) is 16.4. The Hall–Kier alpha value is -3.31. The topological polar surface area (TPSA) is 230 Å². The van der Waals surface area contributed by atoms with E-state index in [0.717, 1.165) is 16.4 Å². The summed E-state index contributed by atoms with van der Waals surface area (Å²) in [5.74, 6) is -2.38. The first-order valence-electron chi connectivity index (χ1n) is 10.3. The van der Waals surface area contributed by atoms with Crippen LogP contribution in [0.4, 0.5) is 5.13 Å². The van der Waals surface area contributed by atoms with Crippen molar-refractivity contribution in [3.8, 4) is 0 Å². The van der Waals surface area contributed by atoms with Gasteiger partial charge in [0.25, 0.3) is 11.8 Å². The number of carbonyl (C=O) groups is 3. The first kappa shape index (κ1) is 31.7. The lowest BCUT2D eigenvalue weighted by Gasteiger charge is -2.50. The number of nitrogens with two attached hydrogens (primary N) is 1. The summed E-state index contributed by atoms with van der Waals surface area (Å²) < 4.78 is 5.80. The highest BCUT2D eigenvalue weighted by molar-refractivity contribution is 8.00. The van der Waals surface area contributed by atoms with Crippen molar-refractivity contribution in [1.29, 1.82) is 0 Å². The maximum atomic E-state index is 12.9. The van der Waals surface area contributed by atoms with Crippen molar-refractivity contribution in [3.63, 3.8) is 0 Å². The summed E-state index contributed by atoms with van der Waals surface area (Å²) in [4.78, 5) is 48.0. The number of rotatable bonds is 9. The van der Waals surface area contributed by atoms with E-state index in [1.165, 1.54) is 11.8 Å². The lowest BCUT2D eigenvalue weighted by molar-refractivity contribution is -0.689. The Bertz CT molecular complexity index is 1180. The van der Waals surface area contributed by atoms with Gasteiger partial charge in [-0.05, 0) is 6.42 Å². The van der Waals surface area contributed by atoms with Crippen molar-refractivity contribution in [1.82, 2.24) is 19.6 Å². The van der Waals surface area contributed by atoms with Gasteiger partial charge in [0.1, 0.15) is 18.0 Å². The second kappa shape index (κ2) is 13.8. The lowest BCUT2D eigenvalue weighted by atomic mass is 10.0. The van der Waals surface area contributed by atoms with Crippen LogP contribution in [0, 0.1) is 0 Å². The number of carboxylic acid groups (broad SMARTS) is 1. The number of nitrogens with zero attached hydrogens (tertiary/aromatic N) is 5. The highest BCUT2D eigenvalue weighted by Crippen LogP contribution is 2.40. The van der Waals surface area contributed by atoms with Gasteiger partial charge >= 0.3 is 0 Å². The number of carbonyl (C=O) groups excluding carboxylic acids is 3. The maximum absolute atomic E-state index is 12.9. The van der Waals surface area contributed by atoms with Crippen LogP contribution in [0.5, 0.6) is 0 Å². The minimum Gasteiger partial charge on any atom is -0.543 e. The summed E-state index contributed by atoms with van der Waals surface area (Å²) in [6.07, 6.45) is 4.28. The fraction of sp³-hybridized carbons (Fsp3) is 0.350. The van der Waals surface area contributed by atoms with Crippen molar-refractivity contribution in [2.24, 2.45) is 5.16 Å². The predicted molar refractivity (Wildman–Crippen MR) is 135 cm³/mol. The van der Waals surface area contributed by atoms with Gasteiger partial charge in [-0.15, -0.1) is 24.2 Å². The maximum Gasteiger partial charge on any atom is 0.278 e. The van der Waals surface area contributed by atoms with Crippen LogP contribution in [0.2, 0.25) is 0 Å². The molecule has 37 heavy (non-hydrogen) atoms. The zero-order valence-corrected chi connectivity index (χ0v) is 21.9. The zero-order chi connectivity index (χ0) is 24.2. The average molecular weight is 576 g/mol. The molecule has 1 unspecified atom stereocenters. The Kier molecular flexibility index (Phi) is 11.9. The second-order valence-electron chi connectivity index (χ2n) is 7.38. The number of nitrogen functional groups attached to an aromatic ring is 1. The zero-order valence-electron chi connectivity index (χ0n) is 19.4. The normalized spacial score (nSPS) is 18.4. The number of hydrogen-bond donors (Lipinski definition) is 2. The molecule has 0 spiro atoms. The van der Waals surface area contributed by atoms with E-state index in [1.54, 1.807) is 12.4 Å². The van der Waals surface area contributed by atoms with Gasteiger partial charge in [0.2, 0.25) is 11.5 Å². The molecule has 0 saturated carbocycles. The van der Waals surface area contributed by atoms with Crippen LogP contribution in [0.1, 0.15) is 19.2 Å². The van der Waals surface area contributed by atoms with Crippen molar-refractivity contribution >= 4 is 64.3 Å². The lowest BCUT2D eigenvalue weighted by Crippen LogP contribution is -2.71. The Morgan fingerprint density at radius 1 is 1.32 bits per heavy atom. The summed E-state index contributed by atoms with van der Waals surface area (Å²) >= 11 is 2.25. The molecule has 0 radical (unpaired) electrons. The fourth-order valence-corrected chi connectivity index (χ4v) is 5.25. The number of aromatic nitrogens is 3. The largest absolute Gasteiger partial charge is 0.543 e. The number of hydrogen-bond acceptors (Lipinski definition) is 11. The van der Waals surface area contributed by atoms with Gasteiger partial charge in [0.05, 0.1) is 11.7 Å². The molecule has 1 saturated heterocycles. The summed E-state index contributed by atoms with van der Waals surface area (Å²) in [5, 5.41) is 17.9. The molecule has 7 N–H and O–H groups in total. The Labute approximate surface area is 225 Å². The smallest absolute Gasteiger partial charge is 0.278 e. The molecule has 17 heteroatoms. The number of anilines is 1. The molecule has 0 aliphatic carbocycles. The van der Waals surface area contributed by atoms with Crippen LogP contribution in [-0.4, -0.2) is 72.5 Å². The number of thioether (sulfide) groups is 1. The van der Waals surface area contributed by atoms with Crippen LogP contribution in [0.25, 0.3) is 0 Å². The van der Waals surface area contributed by atoms with E-state index < -0.39 is 29.2 Å². The molecule has 2 aliphatic heterocycles. The minimum absolute atomic E-state index is 0. The highest BCUT2D eigenvalue weighted by Gasteiger charge is 2.53. The van der Waals surface area contributed by atoms with Gasteiger partial charge in [0, 0.05) is 35.0 Å². The van der Waals surface area contributed by atoms with Crippen molar-refractivity contribution < 1.29 is 39.8 Å². The number of carboxylic acids is 1. The number of pyridine rings is 1. The van der Waals surface area contributed by atoms with Crippen molar-refractivity contribution in [2.75, 3.05) is 18.1 Å². The van der Waals surface area contributed by atoms with E-state index in [4.69, 9.17) is 10.6 Å². The molecule has 202 valence electrons. The van der Waals surface area contributed by atoms with Gasteiger partial charge in [-0.25, -0.2) is 4.57 Å². The van der Waals surface area contributed by atoms with Gasteiger partial charge in [-0.2, -0.15) is 9.36 Å². The minimum atomic E-state index is -1.44. The molecule has 2 amide bonds. The third-order valence-corrected chi connectivity index (χ3v) is 6.88. The van der Waals surface area contributed by atoms with E-state index in [1.807, 2.05) is 29.7 Å². The summed E-state index contributed by atoms with van der Waals surface area (Å²) in [7, 11) is 0. The standard InChI is InChI=1S/C20H21N7O5S2.ClH.2H2O/c1-2-8-32-24-12(15-23-20(21)34-25-15)16(28)22-13-17(29)27-14(19(30)31)11(10-33-18(13)27)9-26-6-4-3-5-7-26;;;/h3-7,13,18H,2,8-10H2,1H3,(H3-,21,22,23,25,28,30,31);1H;2*1H2/t13?,18-;;;/m0.../s1. The third kappa shape index (κ3) is 6.72. The van der Waals surface area contributed by atoms with Crippen molar-refractivity contribution in [3.05, 3.63) is 47.7 Å². The number of nitrogens with one attached hydrogen (secondary N) is 1. The first-order valence-corrected chi connectivity index (χ1v) is 12.2.